The van der Waals surface area contributed by atoms with Crippen LogP contribution >= 0.6 is 11.6 Å². The molecule has 2 rings (SSSR count). The lowest BCUT2D eigenvalue weighted by atomic mass is 10.0. The number of carbonyl (C=O) groups excluding carboxylic acids is 1. The Hall–Kier alpha value is -1.06. The van der Waals surface area contributed by atoms with Crippen LogP contribution in [0.15, 0.2) is 24.3 Å². The monoisotopic (exact) mass is 267 g/mol. The first-order valence-electron chi connectivity index (χ1n) is 6.56. The fourth-order valence-corrected chi connectivity index (χ4v) is 2.66. The van der Waals surface area contributed by atoms with Gasteiger partial charge < -0.3 is 10.2 Å². The molecule has 2 atom stereocenters. The van der Waals surface area contributed by atoms with Gasteiger partial charge in [-0.2, -0.15) is 0 Å². The summed E-state index contributed by atoms with van der Waals surface area (Å²) in [6.45, 7) is 3.85. The Labute approximate surface area is 113 Å². The number of carbonyl (C=O) groups is 1. The van der Waals surface area contributed by atoms with Crippen LogP contribution < -0.4 is 10.2 Å². The van der Waals surface area contributed by atoms with E-state index >= 15 is 0 Å². The van der Waals surface area contributed by atoms with Crippen molar-refractivity contribution >= 4 is 23.2 Å². The largest absolute Gasteiger partial charge is 0.325 e. The number of halogens is 1. The molecule has 18 heavy (non-hydrogen) atoms. The third-order valence-electron chi connectivity index (χ3n) is 3.62. The van der Waals surface area contributed by atoms with Gasteiger partial charge in [0.2, 0.25) is 0 Å². The summed E-state index contributed by atoms with van der Waals surface area (Å²) in [6, 6.07) is 7.92. The molecule has 1 aromatic rings. The number of amides is 1. The van der Waals surface area contributed by atoms with E-state index in [-0.39, 0.29) is 5.91 Å². The summed E-state index contributed by atoms with van der Waals surface area (Å²) in [5.41, 5.74) is 0.702. The van der Waals surface area contributed by atoms with Crippen molar-refractivity contribution < 1.29 is 9.69 Å². The summed E-state index contributed by atoms with van der Waals surface area (Å²) in [7, 11) is 0. The minimum absolute atomic E-state index is 0.0480. The van der Waals surface area contributed by atoms with Gasteiger partial charge in [-0.05, 0) is 38.3 Å². The number of para-hydroxylation sites is 1. The molecule has 1 fully saturated rings. The van der Waals surface area contributed by atoms with Crippen LogP contribution in [0, 0.1) is 0 Å². The highest BCUT2D eigenvalue weighted by Crippen LogP contribution is 2.19. The second-order valence-electron chi connectivity index (χ2n) is 5.01. The third-order valence-corrected chi connectivity index (χ3v) is 3.95. The molecule has 1 unspecified atom stereocenters. The number of anilines is 1. The van der Waals surface area contributed by atoms with Crippen molar-refractivity contribution in [2.24, 2.45) is 0 Å². The van der Waals surface area contributed by atoms with E-state index in [9.17, 15) is 4.79 Å². The van der Waals surface area contributed by atoms with E-state index in [0.717, 1.165) is 6.54 Å². The summed E-state index contributed by atoms with van der Waals surface area (Å²) in [4.78, 5) is 13.4. The molecule has 1 aromatic carbocycles. The van der Waals surface area contributed by atoms with E-state index in [0.29, 0.717) is 23.3 Å². The van der Waals surface area contributed by atoms with Crippen molar-refractivity contribution in [2.45, 2.75) is 32.2 Å². The highest BCUT2D eigenvalue weighted by molar-refractivity contribution is 6.33. The van der Waals surface area contributed by atoms with Gasteiger partial charge in [-0.25, -0.2) is 0 Å². The van der Waals surface area contributed by atoms with Crippen LogP contribution in [-0.4, -0.2) is 25.0 Å². The van der Waals surface area contributed by atoms with Crippen LogP contribution in [0.25, 0.3) is 0 Å². The van der Waals surface area contributed by atoms with E-state index in [1.54, 1.807) is 6.07 Å². The Balaban J connectivity index is 1.90. The van der Waals surface area contributed by atoms with Crippen LogP contribution in [0.1, 0.15) is 26.2 Å². The SMILES string of the molecule is C[C@H]1CCCC[NH+]1CC(=O)Nc1ccccc1Cl. The van der Waals surface area contributed by atoms with Gasteiger partial charge in [0.1, 0.15) is 0 Å². The van der Waals surface area contributed by atoms with Crippen molar-refractivity contribution in [3.8, 4) is 0 Å². The van der Waals surface area contributed by atoms with Crippen molar-refractivity contribution in [2.75, 3.05) is 18.4 Å². The topological polar surface area (TPSA) is 33.5 Å². The first-order valence-corrected chi connectivity index (χ1v) is 6.93. The normalized spacial score (nSPS) is 23.7. The number of likely N-dealkylation sites (tertiary alicyclic amines) is 1. The summed E-state index contributed by atoms with van der Waals surface area (Å²) in [6.07, 6.45) is 3.73. The number of benzene rings is 1. The van der Waals surface area contributed by atoms with Crippen LogP contribution in [-0.2, 0) is 4.79 Å². The molecule has 2 N–H and O–H groups in total. The van der Waals surface area contributed by atoms with Gasteiger partial charge in [-0.15, -0.1) is 0 Å². The Morgan fingerprint density at radius 1 is 1.44 bits per heavy atom. The van der Waals surface area contributed by atoms with E-state index in [1.807, 2.05) is 18.2 Å². The van der Waals surface area contributed by atoms with Crippen LogP contribution in [0.4, 0.5) is 5.69 Å². The smallest absolute Gasteiger partial charge is 0.279 e. The zero-order valence-corrected chi connectivity index (χ0v) is 11.5. The molecule has 1 aliphatic rings. The van der Waals surface area contributed by atoms with Gasteiger partial charge in [-0.1, -0.05) is 23.7 Å². The molecule has 3 nitrogen and oxygen atoms in total. The molecular weight excluding hydrogens is 248 g/mol. The van der Waals surface area contributed by atoms with E-state index in [4.69, 9.17) is 11.6 Å². The van der Waals surface area contributed by atoms with E-state index in [1.165, 1.54) is 24.2 Å². The summed E-state index contributed by atoms with van der Waals surface area (Å²) >= 11 is 6.02. The quantitative estimate of drug-likeness (QED) is 0.859. The molecule has 0 aliphatic carbocycles. The molecule has 1 heterocycles. The Bertz CT molecular complexity index is 422. The molecule has 1 amide bonds. The minimum atomic E-state index is 0.0480. The summed E-state index contributed by atoms with van der Waals surface area (Å²) in [5, 5.41) is 3.48. The lowest BCUT2D eigenvalue weighted by Crippen LogP contribution is -3.17. The number of hydrogen-bond donors (Lipinski definition) is 2. The standard InChI is InChI=1S/C14H19ClN2O/c1-11-6-4-5-9-17(11)10-14(18)16-13-8-3-2-7-12(13)15/h2-3,7-8,11H,4-6,9-10H2,1H3,(H,16,18)/p+1/t11-/m0/s1. The molecule has 0 spiro atoms. The maximum absolute atomic E-state index is 12.0. The first kappa shape index (κ1) is 13.4. The fourth-order valence-electron chi connectivity index (χ4n) is 2.48. The summed E-state index contributed by atoms with van der Waals surface area (Å²) < 4.78 is 0. The highest BCUT2D eigenvalue weighted by Gasteiger charge is 2.24. The zero-order chi connectivity index (χ0) is 13.0. The average molecular weight is 268 g/mol. The second kappa shape index (κ2) is 6.21. The predicted molar refractivity (Wildman–Crippen MR) is 74.1 cm³/mol. The number of quaternary nitrogens is 1. The molecule has 0 bridgehead atoms. The molecule has 0 aromatic heterocycles. The fraction of sp³-hybridized carbons (Fsp3) is 0.500. The molecule has 0 saturated carbocycles. The Morgan fingerprint density at radius 2 is 2.22 bits per heavy atom. The minimum Gasteiger partial charge on any atom is -0.325 e. The van der Waals surface area contributed by atoms with E-state index < -0.39 is 0 Å². The van der Waals surface area contributed by atoms with Crippen molar-refractivity contribution in [1.29, 1.82) is 0 Å². The van der Waals surface area contributed by atoms with Crippen LogP contribution in [0.5, 0.6) is 0 Å². The molecular formula is C14H20ClN2O+. The maximum atomic E-state index is 12.0. The van der Waals surface area contributed by atoms with Gasteiger partial charge in [0.05, 0.1) is 23.3 Å². The van der Waals surface area contributed by atoms with Crippen LogP contribution in [0.3, 0.4) is 0 Å². The molecule has 98 valence electrons. The molecule has 1 saturated heterocycles. The Morgan fingerprint density at radius 3 is 2.94 bits per heavy atom. The Kier molecular flexibility index (Phi) is 4.61. The number of piperidine rings is 1. The number of nitrogens with one attached hydrogen (secondary N) is 2. The van der Waals surface area contributed by atoms with Crippen LogP contribution in [0.2, 0.25) is 5.02 Å². The lowest BCUT2D eigenvalue weighted by Gasteiger charge is -2.29. The first-order chi connectivity index (χ1) is 8.66. The van der Waals surface area contributed by atoms with Crippen molar-refractivity contribution in [1.82, 2.24) is 0 Å². The number of rotatable bonds is 3. The molecule has 4 heteroatoms. The van der Waals surface area contributed by atoms with Gasteiger partial charge >= 0.3 is 0 Å². The van der Waals surface area contributed by atoms with Crippen molar-refractivity contribution in [3.63, 3.8) is 0 Å². The predicted octanol–water partition coefficient (Wildman–Crippen LogP) is 1.74. The number of hydrogen-bond acceptors (Lipinski definition) is 1. The average Bonchev–Trinajstić information content (AvgIpc) is 2.35. The molecule has 0 radical (unpaired) electrons. The van der Waals surface area contributed by atoms with Gasteiger partial charge in [-0.3, -0.25) is 4.79 Å². The molecule has 1 aliphatic heterocycles. The zero-order valence-electron chi connectivity index (χ0n) is 10.7. The van der Waals surface area contributed by atoms with Gasteiger partial charge in [0.15, 0.2) is 6.54 Å². The highest BCUT2D eigenvalue weighted by atomic mass is 35.5. The van der Waals surface area contributed by atoms with Crippen molar-refractivity contribution in [3.05, 3.63) is 29.3 Å². The third kappa shape index (κ3) is 3.47. The maximum Gasteiger partial charge on any atom is 0.279 e. The van der Waals surface area contributed by atoms with Gasteiger partial charge in [0, 0.05) is 0 Å². The van der Waals surface area contributed by atoms with E-state index in [2.05, 4.69) is 12.2 Å². The summed E-state index contributed by atoms with van der Waals surface area (Å²) in [5.74, 6) is 0.0480. The lowest BCUT2D eigenvalue weighted by molar-refractivity contribution is -0.920. The second-order valence-corrected chi connectivity index (χ2v) is 5.42. The van der Waals surface area contributed by atoms with Gasteiger partial charge in [0.25, 0.3) is 5.91 Å².